The molecule has 2 nitrogen and oxygen atoms in total. The second-order valence-corrected chi connectivity index (χ2v) is 5.96. The maximum absolute atomic E-state index is 13.7. The van der Waals surface area contributed by atoms with Crippen molar-refractivity contribution in [3.8, 4) is 0 Å². The van der Waals surface area contributed by atoms with Crippen LogP contribution in [0.1, 0.15) is 29.8 Å². The van der Waals surface area contributed by atoms with Crippen molar-refractivity contribution in [3.63, 3.8) is 0 Å². The fraction of sp³-hybridized carbons (Fsp3) is 0.278. The molecule has 0 aliphatic rings. The van der Waals surface area contributed by atoms with E-state index in [1.165, 1.54) is 0 Å². The smallest absolute Gasteiger partial charge is 0.257 e. The average molecular weight is 357 g/mol. The first-order chi connectivity index (χ1) is 11.7. The summed E-state index contributed by atoms with van der Waals surface area (Å²) in [7, 11) is 0. The van der Waals surface area contributed by atoms with Crippen LogP contribution in [-0.4, -0.2) is 11.9 Å². The number of halogens is 5. The van der Waals surface area contributed by atoms with Crippen LogP contribution in [0.5, 0.6) is 0 Å². The van der Waals surface area contributed by atoms with Crippen LogP contribution in [-0.2, 0) is 6.42 Å². The van der Waals surface area contributed by atoms with Crippen LogP contribution in [0, 0.1) is 35.0 Å². The molecule has 0 aliphatic carbocycles. The highest BCUT2D eigenvalue weighted by atomic mass is 19.2. The van der Waals surface area contributed by atoms with Gasteiger partial charge in [-0.25, -0.2) is 22.0 Å². The quantitative estimate of drug-likeness (QED) is 0.480. The Kier molecular flexibility index (Phi) is 5.77. The number of carbonyl (C=O) groups is 1. The van der Waals surface area contributed by atoms with Crippen molar-refractivity contribution in [3.05, 3.63) is 70.5 Å². The normalized spacial score (nSPS) is 12.3. The first-order valence-corrected chi connectivity index (χ1v) is 7.60. The lowest BCUT2D eigenvalue weighted by Gasteiger charge is -2.23. The van der Waals surface area contributed by atoms with Crippen molar-refractivity contribution in [1.82, 2.24) is 5.32 Å². The van der Waals surface area contributed by atoms with Crippen LogP contribution in [0.3, 0.4) is 0 Å². The molecule has 0 aliphatic heterocycles. The summed E-state index contributed by atoms with van der Waals surface area (Å²) in [6.07, 6.45) is 0.347. The van der Waals surface area contributed by atoms with E-state index >= 15 is 0 Å². The van der Waals surface area contributed by atoms with Gasteiger partial charge < -0.3 is 5.32 Å². The Labute approximate surface area is 141 Å². The maximum Gasteiger partial charge on any atom is 0.257 e. The third kappa shape index (κ3) is 3.97. The zero-order chi connectivity index (χ0) is 18.7. The minimum atomic E-state index is -2.30. The fourth-order valence-electron chi connectivity index (χ4n) is 2.37. The lowest BCUT2D eigenvalue weighted by atomic mass is 9.96. The molecular formula is C18H16F5NO. The number of rotatable bonds is 5. The van der Waals surface area contributed by atoms with E-state index < -0.39 is 46.6 Å². The number of hydrogen-bond donors (Lipinski definition) is 1. The van der Waals surface area contributed by atoms with E-state index in [9.17, 15) is 26.7 Å². The van der Waals surface area contributed by atoms with E-state index in [4.69, 9.17) is 0 Å². The van der Waals surface area contributed by atoms with Crippen molar-refractivity contribution >= 4 is 5.91 Å². The number of benzene rings is 2. The van der Waals surface area contributed by atoms with Gasteiger partial charge in [-0.3, -0.25) is 4.79 Å². The predicted molar refractivity (Wildman–Crippen MR) is 82.5 cm³/mol. The number of carbonyl (C=O) groups excluding carboxylic acids is 1. The van der Waals surface area contributed by atoms with E-state index in [0.717, 1.165) is 5.56 Å². The maximum atomic E-state index is 13.7. The van der Waals surface area contributed by atoms with Crippen LogP contribution in [0.25, 0.3) is 0 Å². The predicted octanol–water partition coefficient (Wildman–Crippen LogP) is 4.38. The molecular weight excluding hydrogens is 341 g/mol. The van der Waals surface area contributed by atoms with Gasteiger partial charge >= 0.3 is 0 Å². The van der Waals surface area contributed by atoms with E-state index in [0.29, 0.717) is 6.42 Å². The molecule has 0 unspecified atom stereocenters. The molecule has 0 aromatic heterocycles. The third-order valence-corrected chi connectivity index (χ3v) is 3.86. The molecule has 134 valence electrons. The molecule has 0 bridgehead atoms. The van der Waals surface area contributed by atoms with Crippen LogP contribution in [0.2, 0.25) is 0 Å². The summed E-state index contributed by atoms with van der Waals surface area (Å²) in [6.45, 7) is 3.54. The zero-order valence-electron chi connectivity index (χ0n) is 13.5. The topological polar surface area (TPSA) is 29.1 Å². The minimum Gasteiger partial charge on any atom is -0.349 e. The molecule has 1 amide bonds. The van der Waals surface area contributed by atoms with E-state index in [1.807, 2.05) is 0 Å². The number of hydrogen-bond acceptors (Lipinski definition) is 1. The van der Waals surface area contributed by atoms with Gasteiger partial charge in [0.25, 0.3) is 5.91 Å². The molecule has 0 fully saturated rings. The van der Waals surface area contributed by atoms with Crippen LogP contribution in [0.15, 0.2) is 30.3 Å². The highest BCUT2D eigenvalue weighted by molar-refractivity contribution is 5.95. The summed E-state index contributed by atoms with van der Waals surface area (Å²) in [5.41, 5.74) is -0.617. The van der Waals surface area contributed by atoms with Gasteiger partial charge in [-0.15, -0.1) is 0 Å². The molecule has 1 atom stereocenters. The molecule has 0 heterocycles. The summed E-state index contributed by atoms with van der Waals surface area (Å²) >= 11 is 0. The average Bonchev–Trinajstić information content (AvgIpc) is 2.58. The standard InChI is InChI=1S/C18H16F5NO/c1-9(2)11(8-10-6-4-3-5-7-10)24-18(25)12-13(19)15(21)17(23)16(22)14(12)20/h3-7,9,11H,8H2,1-2H3,(H,24,25)/t11-/m1/s1. The van der Waals surface area contributed by atoms with Gasteiger partial charge in [0.15, 0.2) is 23.3 Å². The largest absolute Gasteiger partial charge is 0.349 e. The molecule has 2 rings (SSSR count). The van der Waals surface area contributed by atoms with Crippen LogP contribution < -0.4 is 5.32 Å². The van der Waals surface area contributed by atoms with Gasteiger partial charge in [0, 0.05) is 6.04 Å². The molecule has 2 aromatic carbocycles. The number of nitrogens with one attached hydrogen (secondary N) is 1. The van der Waals surface area contributed by atoms with Gasteiger partial charge in [-0.2, -0.15) is 0 Å². The highest BCUT2D eigenvalue weighted by Gasteiger charge is 2.31. The Balaban J connectivity index is 2.31. The zero-order valence-corrected chi connectivity index (χ0v) is 13.5. The summed E-state index contributed by atoms with van der Waals surface area (Å²) in [6, 6.07) is 8.45. The summed E-state index contributed by atoms with van der Waals surface area (Å²) < 4.78 is 67.1. The van der Waals surface area contributed by atoms with Crippen molar-refractivity contribution in [2.75, 3.05) is 0 Å². The molecule has 0 saturated heterocycles. The highest BCUT2D eigenvalue weighted by Crippen LogP contribution is 2.23. The molecule has 1 N–H and O–H groups in total. The third-order valence-electron chi connectivity index (χ3n) is 3.86. The van der Waals surface area contributed by atoms with Crippen LogP contribution in [0.4, 0.5) is 22.0 Å². The molecule has 0 saturated carbocycles. The molecule has 7 heteroatoms. The van der Waals surface area contributed by atoms with Crippen molar-refractivity contribution < 1.29 is 26.7 Å². The Hall–Kier alpha value is -2.44. The molecule has 0 radical (unpaired) electrons. The van der Waals surface area contributed by atoms with Crippen molar-refractivity contribution in [2.24, 2.45) is 5.92 Å². The van der Waals surface area contributed by atoms with Crippen molar-refractivity contribution in [1.29, 1.82) is 0 Å². The molecule has 0 spiro atoms. The van der Waals surface area contributed by atoms with Gasteiger partial charge in [0.2, 0.25) is 5.82 Å². The van der Waals surface area contributed by atoms with Gasteiger partial charge in [-0.1, -0.05) is 44.2 Å². The van der Waals surface area contributed by atoms with E-state index in [2.05, 4.69) is 5.32 Å². The fourth-order valence-corrected chi connectivity index (χ4v) is 2.37. The molecule has 25 heavy (non-hydrogen) atoms. The Bertz CT molecular complexity index is 748. The number of amides is 1. The lowest BCUT2D eigenvalue weighted by Crippen LogP contribution is -2.41. The van der Waals surface area contributed by atoms with Gasteiger partial charge in [-0.05, 0) is 17.9 Å². The second kappa shape index (κ2) is 7.63. The minimum absolute atomic E-state index is 0.134. The van der Waals surface area contributed by atoms with E-state index in [-0.39, 0.29) is 5.92 Å². The Morgan fingerprint density at radius 1 is 0.880 bits per heavy atom. The summed E-state index contributed by atoms with van der Waals surface area (Å²) in [5, 5.41) is 2.36. The van der Waals surface area contributed by atoms with E-state index in [1.54, 1.807) is 44.2 Å². The Morgan fingerprint density at radius 2 is 1.36 bits per heavy atom. The summed E-state index contributed by atoms with van der Waals surface area (Å²) in [4.78, 5) is 12.2. The van der Waals surface area contributed by atoms with Gasteiger partial charge in [0.1, 0.15) is 5.56 Å². The lowest BCUT2D eigenvalue weighted by molar-refractivity contribution is 0.0914. The first kappa shape index (κ1) is 18.9. The van der Waals surface area contributed by atoms with Crippen LogP contribution >= 0.6 is 0 Å². The first-order valence-electron chi connectivity index (χ1n) is 7.60. The molecule has 2 aromatic rings. The monoisotopic (exact) mass is 357 g/mol. The van der Waals surface area contributed by atoms with Gasteiger partial charge in [0.05, 0.1) is 0 Å². The van der Waals surface area contributed by atoms with Crippen molar-refractivity contribution in [2.45, 2.75) is 26.3 Å². The Morgan fingerprint density at radius 3 is 1.84 bits per heavy atom. The summed E-state index contributed by atoms with van der Waals surface area (Å²) in [5.74, 6) is -12.3. The SMILES string of the molecule is CC(C)[C@@H](Cc1ccccc1)NC(=O)c1c(F)c(F)c(F)c(F)c1F. The second-order valence-electron chi connectivity index (χ2n) is 5.96.